The van der Waals surface area contributed by atoms with E-state index in [2.05, 4.69) is 10.6 Å². The van der Waals surface area contributed by atoms with Gasteiger partial charge in [-0.05, 0) is 26.2 Å². The third-order valence-corrected chi connectivity index (χ3v) is 2.96. The highest BCUT2D eigenvalue weighted by molar-refractivity contribution is 5.77. The lowest BCUT2D eigenvalue weighted by atomic mass is 10.0. The van der Waals surface area contributed by atoms with Crippen molar-refractivity contribution in [1.82, 2.24) is 10.6 Å². The largest absolute Gasteiger partial charge is 0.356 e. The highest BCUT2D eigenvalue weighted by Gasteiger charge is 2.06. The van der Waals surface area contributed by atoms with E-state index in [4.69, 9.17) is 5.73 Å². The monoisotopic (exact) mass is 271 g/mol. The lowest BCUT2D eigenvalue weighted by Crippen LogP contribution is -2.31. The van der Waals surface area contributed by atoms with Crippen molar-refractivity contribution in [2.24, 2.45) is 11.7 Å². The molecule has 0 heterocycles. The molecular weight excluding hydrogens is 246 g/mol. The number of hydrogen-bond donors (Lipinski definition) is 3. The van der Waals surface area contributed by atoms with Gasteiger partial charge >= 0.3 is 6.03 Å². The molecule has 0 saturated heterocycles. The van der Waals surface area contributed by atoms with Gasteiger partial charge in [0.05, 0.1) is 0 Å². The first kappa shape index (κ1) is 17.4. The molecule has 0 spiro atoms. The Morgan fingerprint density at radius 1 is 1.05 bits per heavy atom. The first-order valence-corrected chi connectivity index (χ1v) is 6.74. The van der Waals surface area contributed by atoms with Gasteiger partial charge in [0.2, 0.25) is 5.91 Å². The van der Waals surface area contributed by atoms with E-state index in [-0.39, 0.29) is 17.6 Å². The van der Waals surface area contributed by atoms with E-state index in [1.807, 2.05) is 6.92 Å². The maximum absolute atomic E-state index is 11.4. The summed E-state index contributed by atoms with van der Waals surface area (Å²) >= 11 is 0. The topological polar surface area (TPSA) is 101 Å². The molecule has 4 N–H and O–H groups in total. The average Bonchev–Trinajstić information content (AvgIpc) is 2.33. The minimum Gasteiger partial charge on any atom is -0.356 e. The van der Waals surface area contributed by atoms with Crippen molar-refractivity contribution >= 4 is 17.7 Å². The van der Waals surface area contributed by atoms with Gasteiger partial charge in [-0.25, -0.2) is 4.79 Å². The molecule has 0 aromatic rings. The second-order valence-corrected chi connectivity index (χ2v) is 4.75. The predicted octanol–water partition coefficient (Wildman–Crippen LogP) is 0.947. The number of ketones is 1. The van der Waals surface area contributed by atoms with E-state index < -0.39 is 6.03 Å². The number of urea groups is 1. The van der Waals surface area contributed by atoms with Crippen molar-refractivity contribution in [3.8, 4) is 0 Å². The molecule has 6 heteroatoms. The number of rotatable bonds is 10. The summed E-state index contributed by atoms with van der Waals surface area (Å²) < 4.78 is 0. The summed E-state index contributed by atoms with van der Waals surface area (Å²) in [6.45, 7) is 4.57. The zero-order valence-corrected chi connectivity index (χ0v) is 11.8. The van der Waals surface area contributed by atoms with Crippen LogP contribution in [0, 0.1) is 5.92 Å². The molecule has 110 valence electrons. The molecule has 0 saturated carbocycles. The molecule has 0 bridgehead atoms. The Hall–Kier alpha value is -1.59. The quantitative estimate of drug-likeness (QED) is 0.515. The molecule has 3 amide bonds. The van der Waals surface area contributed by atoms with Crippen LogP contribution in [0.15, 0.2) is 0 Å². The number of amides is 3. The van der Waals surface area contributed by atoms with Crippen LogP contribution in [-0.2, 0) is 9.59 Å². The number of nitrogens with two attached hydrogens (primary N) is 1. The van der Waals surface area contributed by atoms with Crippen LogP contribution < -0.4 is 16.4 Å². The third kappa shape index (κ3) is 11.2. The molecule has 6 nitrogen and oxygen atoms in total. The van der Waals surface area contributed by atoms with Crippen molar-refractivity contribution in [3.05, 3.63) is 0 Å². The fourth-order valence-electron chi connectivity index (χ4n) is 1.56. The summed E-state index contributed by atoms with van der Waals surface area (Å²) in [7, 11) is 0. The lowest BCUT2D eigenvalue weighted by molar-refractivity contribution is -0.121. The number of carbonyl (C=O) groups excluding carboxylic acids is 3. The summed E-state index contributed by atoms with van der Waals surface area (Å²) in [5.41, 5.74) is 4.89. The Balaban J connectivity index is 3.39. The number of hydrogen-bond acceptors (Lipinski definition) is 3. The van der Waals surface area contributed by atoms with Crippen LogP contribution in [0.5, 0.6) is 0 Å². The van der Waals surface area contributed by atoms with Crippen molar-refractivity contribution < 1.29 is 14.4 Å². The van der Waals surface area contributed by atoms with E-state index in [0.29, 0.717) is 25.9 Å². The fraction of sp³-hybridized carbons (Fsp3) is 0.769. The molecule has 1 unspecified atom stereocenters. The Morgan fingerprint density at radius 3 is 2.26 bits per heavy atom. The van der Waals surface area contributed by atoms with Gasteiger partial charge < -0.3 is 16.4 Å². The van der Waals surface area contributed by atoms with Crippen LogP contribution in [0.3, 0.4) is 0 Å². The van der Waals surface area contributed by atoms with Crippen LogP contribution in [0.1, 0.15) is 46.0 Å². The number of nitrogens with one attached hydrogen (secondary N) is 2. The van der Waals surface area contributed by atoms with Gasteiger partial charge in [-0.1, -0.05) is 13.3 Å². The average molecular weight is 271 g/mol. The molecule has 19 heavy (non-hydrogen) atoms. The van der Waals surface area contributed by atoms with E-state index in [9.17, 15) is 14.4 Å². The molecule has 0 fully saturated rings. The van der Waals surface area contributed by atoms with Gasteiger partial charge in [0, 0.05) is 25.4 Å². The van der Waals surface area contributed by atoms with Gasteiger partial charge in [0.25, 0.3) is 0 Å². The van der Waals surface area contributed by atoms with Crippen LogP contribution in [0.25, 0.3) is 0 Å². The second-order valence-electron chi connectivity index (χ2n) is 4.75. The molecule has 1 atom stereocenters. The smallest absolute Gasteiger partial charge is 0.312 e. The Bertz CT molecular complexity index is 306. The van der Waals surface area contributed by atoms with Crippen LogP contribution in [0.4, 0.5) is 4.79 Å². The number of carbonyl (C=O) groups is 3. The zero-order valence-electron chi connectivity index (χ0n) is 11.8. The number of unbranched alkanes of at least 4 members (excludes halogenated alkanes) is 1. The minimum absolute atomic E-state index is 0.0223. The first-order valence-electron chi connectivity index (χ1n) is 6.74. The molecule has 0 aliphatic rings. The van der Waals surface area contributed by atoms with Crippen molar-refractivity contribution in [3.63, 3.8) is 0 Å². The molecule has 0 aliphatic heterocycles. The molecule has 0 rings (SSSR count). The van der Waals surface area contributed by atoms with Crippen molar-refractivity contribution in [2.45, 2.75) is 46.0 Å². The maximum atomic E-state index is 11.4. The Labute approximate surface area is 114 Å². The van der Waals surface area contributed by atoms with E-state index in [0.717, 1.165) is 19.3 Å². The van der Waals surface area contributed by atoms with Gasteiger partial charge in [0.15, 0.2) is 0 Å². The number of Topliss-reactive ketones (excluding diaryl/α,β-unsaturated/α-hetero) is 1. The summed E-state index contributed by atoms with van der Waals surface area (Å²) in [5, 5.41) is 5.23. The van der Waals surface area contributed by atoms with Gasteiger partial charge in [-0.15, -0.1) is 0 Å². The minimum atomic E-state index is -0.569. The molecular formula is C13H25N3O3. The fourth-order valence-corrected chi connectivity index (χ4v) is 1.56. The predicted molar refractivity (Wildman–Crippen MR) is 73.5 cm³/mol. The van der Waals surface area contributed by atoms with E-state index in [1.54, 1.807) is 6.92 Å². The summed E-state index contributed by atoms with van der Waals surface area (Å²) in [6.07, 6.45) is 3.64. The standard InChI is InChI=1S/C13H25N3O3/c1-10(11(2)17)6-3-4-8-15-12(18)7-5-9-16-13(14)19/h10H,3-9H2,1-2H3,(H,15,18)(H3,14,16,19). The molecule has 0 aromatic carbocycles. The van der Waals surface area contributed by atoms with Crippen LogP contribution >= 0.6 is 0 Å². The zero-order chi connectivity index (χ0) is 14.7. The Morgan fingerprint density at radius 2 is 1.68 bits per heavy atom. The normalized spacial score (nSPS) is 11.7. The summed E-state index contributed by atoms with van der Waals surface area (Å²) in [6, 6.07) is -0.569. The van der Waals surface area contributed by atoms with E-state index >= 15 is 0 Å². The van der Waals surface area contributed by atoms with Gasteiger partial charge in [0.1, 0.15) is 5.78 Å². The SMILES string of the molecule is CC(=O)C(C)CCCCNC(=O)CCCNC(N)=O. The molecule has 0 aliphatic carbocycles. The van der Waals surface area contributed by atoms with Crippen LogP contribution in [-0.4, -0.2) is 30.8 Å². The maximum Gasteiger partial charge on any atom is 0.312 e. The second kappa shape index (κ2) is 10.3. The van der Waals surface area contributed by atoms with Gasteiger partial charge in [-0.3, -0.25) is 9.59 Å². The Kier molecular flexibility index (Phi) is 9.48. The first-order chi connectivity index (χ1) is 8.93. The molecule has 0 aromatic heterocycles. The number of primary amides is 1. The van der Waals surface area contributed by atoms with E-state index in [1.165, 1.54) is 0 Å². The summed E-state index contributed by atoms with van der Waals surface area (Å²) in [4.78, 5) is 32.8. The highest BCUT2D eigenvalue weighted by Crippen LogP contribution is 2.07. The van der Waals surface area contributed by atoms with Crippen LogP contribution in [0.2, 0.25) is 0 Å². The third-order valence-electron chi connectivity index (χ3n) is 2.96. The van der Waals surface area contributed by atoms with Gasteiger partial charge in [-0.2, -0.15) is 0 Å². The summed E-state index contributed by atoms with van der Waals surface area (Å²) in [5.74, 6) is 0.299. The highest BCUT2D eigenvalue weighted by atomic mass is 16.2. The van der Waals surface area contributed by atoms with Crippen molar-refractivity contribution in [1.29, 1.82) is 0 Å². The van der Waals surface area contributed by atoms with Crippen molar-refractivity contribution in [2.75, 3.05) is 13.1 Å². The lowest BCUT2D eigenvalue weighted by Gasteiger charge is -2.08. The molecule has 0 radical (unpaired) electrons.